The SMILES string of the molecule is O=C(CSc1n[nH]c(-c2ccccc2F)n1)Nc1ccc(F)c(F)c1F. The molecule has 0 radical (unpaired) electrons. The van der Waals surface area contributed by atoms with Crippen LogP contribution in [0.4, 0.5) is 23.2 Å². The highest BCUT2D eigenvalue weighted by molar-refractivity contribution is 7.99. The maximum atomic E-state index is 13.7. The molecule has 0 saturated heterocycles. The number of amides is 1. The number of carbonyl (C=O) groups excluding carboxylic acids is 1. The van der Waals surface area contributed by atoms with Crippen molar-refractivity contribution in [2.45, 2.75) is 5.16 Å². The number of anilines is 1. The Morgan fingerprint density at radius 3 is 2.58 bits per heavy atom. The van der Waals surface area contributed by atoms with E-state index in [2.05, 4.69) is 20.5 Å². The van der Waals surface area contributed by atoms with Crippen molar-refractivity contribution < 1.29 is 22.4 Å². The van der Waals surface area contributed by atoms with E-state index in [9.17, 15) is 22.4 Å². The first-order chi connectivity index (χ1) is 12.5. The van der Waals surface area contributed by atoms with Crippen LogP contribution >= 0.6 is 11.8 Å². The lowest BCUT2D eigenvalue weighted by Gasteiger charge is -2.06. The predicted octanol–water partition coefficient (Wildman–Crippen LogP) is 3.76. The lowest BCUT2D eigenvalue weighted by Crippen LogP contribution is -2.16. The molecular formula is C16H10F4N4OS. The normalized spacial score (nSPS) is 10.8. The van der Waals surface area contributed by atoms with Gasteiger partial charge in [0, 0.05) is 0 Å². The molecule has 0 atom stereocenters. The Hall–Kier alpha value is -2.88. The van der Waals surface area contributed by atoms with Gasteiger partial charge in [0.1, 0.15) is 5.82 Å². The standard InChI is InChI=1S/C16H10F4N4OS/c17-9-4-2-1-3-8(9)15-22-16(24-23-15)26-7-12(25)21-11-6-5-10(18)13(19)14(11)20/h1-6H,7H2,(H,21,25)(H,22,23,24). The molecule has 0 bridgehead atoms. The van der Waals surface area contributed by atoms with Gasteiger partial charge in [0.05, 0.1) is 17.0 Å². The number of thioether (sulfide) groups is 1. The van der Waals surface area contributed by atoms with E-state index >= 15 is 0 Å². The fourth-order valence-electron chi connectivity index (χ4n) is 2.02. The molecule has 10 heteroatoms. The maximum absolute atomic E-state index is 13.7. The zero-order valence-electron chi connectivity index (χ0n) is 12.9. The first-order valence-corrected chi connectivity index (χ1v) is 8.17. The highest BCUT2D eigenvalue weighted by atomic mass is 32.2. The van der Waals surface area contributed by atoms with Gasteiger partial charge in [-0.2, -0.15) is 0 Å². The number of nitrogens with one attached hydrogen (secondary N) is 2. The third kappa shape index (κ3) is 3.85. The quantitative estimate of drug-likeness (QED) is 0.401. The number of aromatic nitrogens is 3. The first-order valence-electron chi connectivity index (χ1n) is 7.19. The van der Waals surface area contributed by atoms with Crippen molar-refractivity contribution in [2.75, 3.05) is 11.1 Å². The Balaban J connectivity index is 1.62. The molecule has 3 rings (SSSR count). The molecule has 0 aliphatic rings. The Morgan fingerprint density at radius 2 is 1.81 bits per heavy atom. The highest BCUT2D eigenvalue weighted by Crippen LogP contribution is 2.23. The second-order valence-electron chi connectivity index (χ2n) is 5.01. The number of rotatable bonds is 5. The van der Waals surface area contributed by atoms with Gasteiger partial charge in [0.15, 0.2) is 23.3 Å². The number of benzene rings is 2. The van der Waals surface area contributed by atoms with Gasteiger partial charge in [0.25, 0.3) is 0 Å². The number of aromatic amines is 1. The van der Waals surface area contributed by atoms with Crippen LogP contribution in [0.3, 0.4) is 0 Å². The number of halogens is 4. The van der Waals surface area contributed by atoms with E-state index in [1.54, 1.807) is 6.07 Å². The zero-order valence-corrected chi connectivity index (χ0v) is 13.7. The molecule has 0 aliphatic heterocycles. The fraction of sp³-hybridized carbons (Fsp3) is 0.0625. The van der Waals surface area contributed by atoms with Gasteiger partial charge in [-0.05, 0) is 24.3 Å². The van der Waals surface area contributed by atoms with Crippen LogP contribution in [0, 0.1) is 23.3 Å². The van der Waals surface area contributed by atoms with E-state index in [0.29, 0.717) is 6.07 Å². The van der Waals surface area contributed by atoms with Crippen molar-refractivity contribution in [1.82, 2.24) is 15.2 Å². The molecule has 0 saturated carbocycles. The van der Waals surface area contributed by atoms with Gasteiger partial charge in [-0.15, -0.1) is 5.10 Å². The summed E-state index contributed by atoms with van der Waals surface area (Å²) in [7, 11) is 0. The number of carbonyl (C=O) groups is 1. The lowest BCUT2D eigenvalue weighted by atomic mass is 10.2. The van der Waals surface area contributed by atoms with Crippen LogP contribution in [0.5, 0.6) is 0 Å². The van der Waals surface area contributed by atoms with Gasteiger partial charge in [-0.3, -0.25) is 9.89 Å². The molecule has 0 spiro atoms. The van der Waals surface area contributed by atoms with Crippen LogP contribution in [0.1, 0.15) is 0 Å². The van der Waals surface area contributed by atoms with Crippen molar-refractivity contribution in [3.63, 3.8) is 0 Å². The van der Waals surface area contributed by atoms with Crippen LogP contribution in [0.15, 0.2) is 41.6 Å². The van der Waals surface area contributed by atoms with Gasteiger partial charge in [-0.25, -0.2) is 22.5 Å². The van der Waals surface area contributed by atoms with Crippen LogP contribution < -0.4 is 5.32 Å². The average Bonchev–Trinajstić information content (AvgIpc) is 3.10. The Bertz CT molecular complexity index is 963. The predicted molar refractivity (Wildman–Crippen MR) is 87.4 cm³/mol. The van der Waals surface area contributed by atoms with E-state index in [4.69, 9.17) is 0 Å². The number of hydrogen-bond acceptors (Lipinski definition) is 4. The van der Waals surface area contributed by atoms with Crippen molar-refractivity contribution in [2.24, 2.45) is 0 Å². The minimum absolute atomic E-state index is 0.171. The van der Waals surface area contributed by atoms with E-state index < -0.39 is 34.9 Å². The molecule has 0 aliphatic carbocycles. The summed E-state index contributed by atoms with van der Waals surface area (Å²) in [5.74, 6) is -5.67. The summed E-state index contributed by atoms with van der Waals surface area (Å²) in [5, 5.41) is 8.71. The smallest absolute Gasteiger partial charge is 0.234 e. The van der Waals surface area contributed by atoms with E-state index in [1.807, 2.05) is 0 Å². The summed E-state index contributed by atoms with van der Waals surface area (Å²) in [5.41, 5.74) is -0.253. The molecule has 0 fully saturated rings. The van der Waals surface area contributed by atoms with Gasteiger partial charge < -0.3 is 5.32 Å². The Kier molecular flexibility index (Phi) is 5.21. The summed E-state index contributed by atoms with van der Waals surface area (Å²) in [6.07, 6.45) is 0. The largest absolute Gasteiger partial charge is 0.323 e. The van der Waals surface area contributed by atoms with Gasteiger partial charge >= 0.3 is 0 Å². The monoisotopic (exact) mass is 382 g/mol. The number of nitrogens with zero attached hydrogens (tertiary/aromatic N) is 2. The lowest BCUT2D eigenvalue weighted by molar-refractivity contribution is -0.113. The second-order valence-corrected chi connectivity index (χ2v) is 5.95. The highest BCUT2D eigenvalue weighted by Gasteiger charge is 2.16. The van der Waals surface area contributed by atoms with E-state index in [-0.39, 0.29) is 22.3 Å². The van der Waals surface area contributed by atoms with Crippen molar-refractivity contribution in [3.05, 3.63) is 59.7 Å². The summed E-state index contributed by atoms with van der Waals surface area (Å²) < 4.78 is 53.2. The van der Waals surface area contributed by atoms with Gasteiger partial charge in [0.2, 0.25) is 11.1 Å². The van der Waals surface area contributed by atoms with Crippen LogP contribution in [-0.2, 0) is 4.79 Å². The Labute approximate surface area is 148 Å². The van der Waals surface area contributed by atoms with Crippen molar-refractivity contribution >= 4 is 23.4 Å². The zero-order chi connectivity index (χ0) is 18.7. The average molecular weight is 382 g/mol. The third-order valence-corrected chi connectivity index (χ3v) is 4.08. The van der Waals surface area contributed by atoms with Gasteiger partial charge in [-0.1, -0.05) is 23.9 Å². The molecule has 2 N–H and O–H groups in total. The van der Waals surface area contributed by atoms with E-state index in [1.165, 1.54) is 18.2 Å². The summed E-state index contributed by atoms with van der Waals surface area (Å²) in [4.78, 5) is 15.9. The third-order valence-electron chi connectivity index (χ3n) is 3.24. The van der Waals surface area contributed by atoms with E-state index in [0.717, 1.165) is 17.8 Å². The summed E-state index contributed by atoms with van der Waals surface area (Å²) >= 11 is 0.904. The molecule has 2 aromatic carbocycles. The number of H-pyrrole nitrogens is 1. The fourth-order valence-corrected chi connectivity index (χ4v) is 2.62. The minimum Gasteiger partial charge on any atom is -0.323 e. The molecule has 1 heterocycles. The molecular weight excluding hydrogens is 372 g/mol. The molecule has 134 valence electrons. The van der Waals surface area contributed by atoms with Crippen LogP contribution in [0.25, 0.3) is 11.4 Å². The maximum Gasteiger partial charge on any atom is 0.234 e. The molecule has 1 aromatic heterocycles. The Morgan fingerprint density at radius 1 is 1.04 bits per heavy atom. The molecule has 0 unspecified atom stereocenters. The van der Waals surface area contributed by atoms with Crippen LogP contribution in [0.2, 0.25) is 0 Å². The molecule has 26 heavy (non-hydrogen) atoms. The molecule has 3 aromatic rings. The number of hydrogen-bond donors (Lipinski definition) is 2. The minimum atomic E-state index is -1.67. The topological polar surface area (TPSA) is 70.7 Å². The second kappa shape index (κ2) is 7.56. The van der Waals surface area contributed by atoms with Crippen molar-refractivity contribution in [1.29, 1.82) is 0 Å². The molecule has 5 nitrogen and oxygen atoms in total. The summed E-state index contributed by atoms with van der Waals surface area (Å²) in [6.45, 7) is 0. The molecule has 1 amide bonds. The summed E-state index contributed by atoms with van der Waals surface area (Å²) in [6, 6.07) is 7.58. The van der Waals surface area contributed by atoms with Crippen LogP contribution in [-0.4, -0.2) is 26.8 Å². The first kappa shape index (κ1) is 17.9. The van der Waals surface area contributed by atoms with Crippen molar-refractivity contribution in [3.8, 4) is 11.4 Å².